The molecule has 0 fully saturated rings. The van der Waals surface area contributed by atoms with Crippen LogP contribution in [-0.4, -0.2) is 32.5 Å². The second-order valence-corrected chi connectivity index (χ2v) is 5.05. The predicted molar refractivity (Wildman–Crippen MR) is 65.1 cm³/mol. The van der Waals surface area contributed by atoms with Crippen LogP contribution in [0.15, 0.2) is 16.0 Å². The quantitative estimate of drug-likeness (QED) is 0.553. The summed E-state index contributed by atoms with van der Waals surface area (Å²) >= 11 is 0.967. The van der Waals surface area contributed by atoms with Gasteiger partial charge in [-0.2, -0.15) is 4.98 Å². The van der Waals surface area contributed by atoms with Crippen LogP contribution in [0.2, 0.25) is 0 Å². The molecule has 0 spiro atoms. The fraction of sp³-hybridized carbons (Fsp3) is 0.500. The van der Waals surface area contributed by atoms with Gasteiger partial charge in [-0.25, -0.2) is 0 Å². The molecule has 98 valence electrons. The monoisotopic (exact) mass is 271 g/mol. The van der Waals surface area contributed by atoms with E-state index in [-0.39, 0.29) is 17.6 Å². The first-order valence-corrected chi connectivity index (χ1v) is 6.21. The molecule has 2 rings (SSSR count). The van der Waals surface area contributed by atoms with Crippen LogP contribution in [0.5, 0.6) is 0 Å². The molecule has 2 unspecified atom stereocenters. The van der Waals surface area contributed by atoms with Gasteiger partial charge in [-0.05, 0) is 13.8 Å². The SMILES string of the molecule is CCOC(=O)C1Sc2nc(=O)cc(N)n2C1(C)O. The molecule has 0 saturated carbocycles. The second-order valence-electron chi connectivity index (χ2n) is 3.98. The molecule has 0 aromatic carbocycles. The molecule has 1 aromatic heterocycles. The van der Waals surface area contributed by atoms with Crippen molar-refractivity contribution in [3.63, 3.8) is 0 Å². The van der Waals surface area contributed by atoms with Crippen LogP contribution < -0.4 is 11.3 Å². The maximum atomic E-state index is 11.8. The summed E-state index contributed by atoms with van der Waals surface area (Å²) in [7, 11) is 0. The van der Waals surface area contributed by atoms with E-state index < -0.39 is 22.5 Å². The average Bonchev–Trinajstić information content (AvgIpc) is 2.50. The molecular formula is C10H13N3O4S. The first kappa shape index (κ1) is 12.9. The van der Waals surface area contributed by atoms with E-state index in [0.717, 1.165) is 17.8 Å². The van der Waals surface area contributed by atoms with Gasteiger partial charge in [0.25, 0.3) is 5.56 Å². The number of rotatable bonds is 2. The highest BCUT2D eigenvalue weighted by Gasteiger charge is 2.49. The molecule has 1 aromatic rings. The van der Waals surface area contributed by atoms with Crippen LogP contribution in [0.4, 0.5) is 5.82 Å². The summed E-state index contributed by atoms with van der Waals surface area (Å²) in [5.41, 5.74) is 3.60. The van der Waals surface area contributed by atoms with E-state index in [1.54, 1.807) is 6.92 Å². The molecule has 1 aliphatic heterocycles. The standard InChI is InChI=1S/C10H13N3O4S/c1-3-17-8(15)7-10(2,16)13-5(11)4-6(14)12-9(13)18-7/h4,7,16H,3,11H2,1-2H3. The first-order valence-electron chi connectivity index (χ1n) is 5.33. The predicted octanol–water partition coefficient (Wildman–Crippen LogP) is -0.472. The van der Waals surface area contributed by atoms with E-state index in [9.17, 15) is 14.7 Å². The van der Waals surface area contributed by atoms with Crippen molar-refractivity contribution in [2.75, 3.05) is 12.3 Å². The molecule has 0 aliphatic carbocycles. The number of fused-ring (bicyclic) bond motifs is 1. The Labute approximate surface area is 107 Å². The molecular weight excluding hydrogens is 258 g/mol. The normalized spacial score (nSPS) is 25.8. The number of carbonyl (C=O) groups excluding carboxylic acids is 1. The number of esters is 1. The van der Waals surface area contributed by atoms with Crippen LogP contribution in [0, 0.1) is 0 Å². The highest BCUT2D eigenvalue weighted by molar-refractivity contribution is 8.00. The van der Waals surface area contributed by atoms with E-state index in [0.29, 0.717) is 0 Å². The number of thioether (sulfide) groups is 1. The first-order chi connectivity index (χ1) is 8.37. The van der Waals surface area contributed by atoms with Gasteiger partial charge in [0.15, 0.2) is 16.1 Å². The topological polar surface area (TPSA) is 107 Å². The van der Waals surface area contributed by atoms with Crippen molar-refractivity contribution >= 4 is 23.5 Å². The summed E-state index contributed by atoms with van der Waals surface area (Å²) in [4.78, 5) is 26.7. The Kier molecular flexibility index (Phi) is 3.07. The Morgan fingerprint density at radius 1 is 1.78 bits per heavy atom. The molecule has 0 radical (unpaired) electrons. The van der Waals surface area contributed by atoms with E-state index in [4.69, 9.17) is 10.5 Å². The second kappa shape index (κ2) is 4.29. The maximum Gasteiger partial charge on any atom is 0.324 e. The van der Waals surface area contributed by atoms with Crippen LogP contribution >= 0.6 is 11.8 Å². The number of aliphatic hydroxyl groups is 1. The molecule has 3 N–H and O–H groups in total. The van der Waals surface area contributed by atoms with Crippen molar-refractivity contribution in [1.29, 1.82) is 0 Å². The summed E-state index contributed by atoms with van der Waals surface area (Å²) in [5.74, 6) is -0.501. The molecule has 2 heterocycles. The van der Waals surface area contributed by atoms with Gasteiger partial charge in [0.1, 0.15) is 5.82 Å². The fourth-order valence-electron chi connectivity index (χ4n) is 1.84. The zero-order valence-corrected chi connectivity index (χ0v) is 10.7. The minimum atomic E-state index is -1.57. The average molecular weight is 271 g/mol. The van der Waals surface area contributed by atoms with E-state index >= 15 is 0 Å². The van der Waals surface area contributed by atoms with Crippen molar-refractivity contribution in [3.05, 3.63) is 16.4 Å². The Morgan fingerprint density at radius 2 is 2.44 bits per heavy atom. The third-order valence-corrected chi connectivity index (χ3v) is 3.96. The van der Waals surface area contributed by atoms with Crippen molar-refractivity contribution in [2.45, 2.75) is 30.0 Å². The summed E-state index contributed by atoms with van der Waals surface area (Å²) in [5, 5.41) is 9.71. The van der Waals surface area contributed by atoms with Crippen LogP contribution in [0.1, 0.15) is 13.8 Å². The van der Waals surface area contributed by atoms with Crippen molar-refractivity contribution in [3.8, 4) is 0 Å². The molecule has 0 saturated heterocycles. The molecule has 2 atom stereocenters. The minimum Gasteiger partial charge on any atom is -0.465 e. The van der Waals surface area contributed by atoms with Gasteiger partial charge >= 0.3 is 5.97 Å². The molecule has 8 heteroatoms. The fourth-order valence-corrected chi connectivity index (χ4v) is 3.08. The van der Waals surface area contributed by atoms with Gasteiger partial charge in [-0.1, -0.05) is 11.8 Å². The van der Waals surface area contributed by atoms with Crippen LogP contribution in [0.3, 0.4) is 0 Å². The number of nitrogens with zero attached hydrogens (tertiary/aromatic N) is 2. The van der Waals surface area contributed by atoms with Crippen molar-refractivity contribution in [2.24, 2.45) is 0 Å². The van der Waals surface area contributed by atoms with E-state index in [1.165, 1.54) is 11.5 Å². The zero-order chi connectivity index (χ0) is 13.5. The Balaban J connectivity index is 2.48. The number of nitrogens with two attached hydrogens (primary N) is 1. The zero-order valence-electron chi connectivity index (χ0n) is 9.91. The summed E-state index contributed by atoms with van der Waals surface area (Å²) in [6.45, 7) is 3.32. The summed E-state index contributed by atoms with van der Waals surface area (Å²) in [6, 6.07) is 1.10. The highest BCUT2D eigenvalue weighted by atomic mass is 32.2. The van der Waals surface area contributed by atoms with Crippen LogP contribution in [0.25, 0.3) is 0 Å². The van der Waals surface area contributed by atoms with Gasteiger partial charge in [0.05, 0.1) is 6.61 Å². The molecule has 1 aliphatic rings. The lowest BCUT2D eigenvalue weighted by atomic mass is 10.1. The molecule has 18 heavy (non-hydrogen) atoms. The number of anilines is 1. The third-order valence-electron chi connectivity index (χ3n) is 2.60. The molecule has 0 amide bonds. The van der Waals surface area contributed by atoms with E-state index in [2.05, 4.69) is 4.98 Å². The number of ether oxygens (including phenoxy) is 1. The minimum absolute atomic E-state index is 0.0642. The van der Waals surface area contributed by atoms with Gasteiger partial charge in [-0.3, -0.25) is 14.2 Å². The maximum absolute atomic E-state index is 11.8. The Bertz CT molecular complexity index is 555. The van der Waals surface area contributed by atoms with Gasteiger partial charge in [-0.15, -0.1) is 0 Å². The molecule has 0 bridgehead atoms. The van der Waals surface area contributed by atoms with E-state index in [1.807, 2.05) is 0 Å². The van der Waals surface area contributed by atoms with Gasteiger partial charge < -0.3 is 15.6 Å². The number of aromatic nitrogens is 2. The number of hydrogen-bond donors (Lipinski definition) is 2. The van der Waals surface area contributed by atoms with Crippen molar-refractivity contribution in [1.82, 2.24) is 9.55 Å². The van der Waals surface area contributed by atoms with Crippen molar-refractivity contribution < 1.29 is 14.6 Å². The smallest absolute Gasteiger partial charge is 0.324 e. The number of hydrogen-bond acceptors (Lipinski definition) is 7. The lowest BCUT2D eigenvalue weighted by molar-refractivity contribution is -0.150. The van der Waals surface area contributed by atoms with Gasteiger partial charge in [0, 0.05) is 6.07 Å². The van der Waals surface area contributed by atoms with Gasteiger partial charge in [0.2, 0.25) is 0 Å². The lowest BCUT2D eigenvalue weighted by Gasteiger charge is -2.26. The Morgan fingerprint density at radius 3 is 3.06 bits per heavy atom. The lowest BCUT2D eigenvalue weighted by Crippen LogP contribution is -2.42. The molecule has 7 nitrogen and oxygen atoms in total. The highest BCUT2D eigenvalue weighted by Crippen LogP contribution is 2.42. The summed E-state index contributed by atoms with van der Waals surface area (Å²) < 4.78 is 6.15. The number of nitrogen functional groups attached to an aromatic ring is 1. The summed E-state index contributed by atoms with van der Waals surface area (Å²) in [6.07, 6.45) is 0. The largest absolute Gasteiger partial charge is 0.465 e. The number of carbonyl (C=O) groups is 1. The van der Waals surface area contributed by atoms with Crippen LogP contribution in [-0.2, 0) is 15.3 Å². The third kappa shape index (κ3) is 1.87. The Hall–Kier alpha value is -1.54.